The molecule has 0 radical (unpaired) electrons. The smallest absolute Gasteiger partial charge is 0.484 e. The average Bonchev–Trinajstić information content (AvgIpc) is 3.50. The lowest BCUT2D eigenvalue weighted by Crippen LogP contribution is -2.37. The highest BCUT2D eigenvalue weighted by Gasteiger charge is 2.44. The Morgan fingerprint density at radius 1 is 1.14 bits per heavy atom. The SMILES string of the molecule is C[C@H](Oc1cncc(-n2nc(C(F)(F)F)c3c2N(C[C@H]2CC[C@H](C(=O)O)CC2)CCC3)c1)c1ccc2c(c1)OC(F)(F)O2. The summed E-state index contributed by atoms with van der Waals surface area (Å²) in [6, 6.07) is 5.80. The number of hydrogen-bond donors (Lipinski definition) is 1. The second-order valence-electron chi connectivity index (χ2n) is 11.2. The van der Waals surface area contributed by atoms with E-state index in [-0.39, 0.29) is 46.8 Å². The van der Waals surface area contributed by atoms with Crippen LogP contribution in [0.3, 0.4) is 0 Å². The van der Waals surface area contributed by atoms with Gasteiger partial charge in [-0.2, -0.15) is 18.3 Å². The van der Waals surface area contributed by atoms with Crippen LogP contribution in [0.2, 0.25) is 0 Å². The lowest BCUT2D eigenvalue weighted by atomic mass is 9.81. The van der Waals surface area contributed by atoms with E-state index in [1.54, 1.807) is 13.0 Å². The number of alkyl halides is 5. The normalized spacial score (nSPS) is 21.8. The molecule has 230 valence electrons. The molecule has 1 atom stereocenters. The van der Waals surface area contributed by atoms with Gasteiger partial charge in [0.05, 0.1) is 24.0 Å². The number of nitrogens with zero attached hydrogens (tertiary/aromatic N) is 4. The van der Waals surface area contributed by atoms with Gasteiger partial charge in [0.15, 0.2) is 17.2 Å². The zero-order chi connectivity index (χ0) is 30.5. The number of hydrogen-bond acceptors (Lipinski definition) is 7. The van der Waals surface area contributed by atoms with Gasteiger partial charge >= 0.3 is 18.4 Å². The molecule has 2 aromatic heterocycles. The van der Waals surface area contributed by atoms with Gasteiger partial charge in [-0.3, -0.25) is 9.78 Å². The first-order chi connectivity index (χ1) is 20.4. The zero-order valence-corrected chi connectivity index (χ0v) is 23.1. The molecule has 43 heavy (non-hydrogen) atoms. The van der Waals surface area contributed by atoms with Gasteiger partial charge < -0.3 is 24.2 Å². The first-order valence-electron chi connectivity index (χ1n) is 14.1. The monoisotopic (exact) mass is 608 g/mol. The highest BCUT2D eigenvalue weighted by atomic mass is 19.4. The van der Waals surface area contributed by atoms with Crippen molar-refractivity contribution in [1.29, 1.82) is 0 Å². The molecule has 0 spiro atoms. The Hall–Kier alpha value is -4.10. The Bertz CT molecular complexity index is 1520. The number of carboxylic acid groups (broad SMARTS) is 1. The van der Waals surface area contributed by atoms with Crippen LogP contribution in [0.5, 0.6) is 17.2 Å². The molecule has 1 aliphatic carbocycles. The Kier molecular flexibility index (Phi) is 7.33. The van der Waals surface area contributed by atoms with E-state index < -0.39 is 30.2 Å². The van der Waals surface area contributed by atoms with Crippen molar-refractivity contribution in [2.45, 2.75) is 64.0 Å². The summed E-state index contributed by atoms with van der Waals surface area (Å²) < 4.78 is 85.5. The van der Waals surface area contributed by atoms with E-state index in [9.17, 15) is 31.9 Å². The molecule has 3 aliphatic rings. The topological polar surface area (TPSA) is 98.9 Å². The maximum atomic E-state index is 14.1. The van der Waals surface area contributed by atoms with Crippen molar-refractivity contribution < 1.29 is 46.1 Å². The molecule has 2 aliphatic heterocycles. The lowest BCUT2D eigenvalue weighted by molar-refractivity contribution is -0.286. The molecule has 14 heteroatoms. The minimum absolute atomic E-state index is 0.104. The summed E-state index contributed by atoms with van der Waals surface area (Å²) in [4.78, 5) is 17.5. The largest absolute Gasteiger partial charge is 0.586 e. The quantitative estimate of drug-likeness (QED) is 0.308. The van der Waals surface area contributed by atoms with Crippen LogP contribution in [0.15, 0.2) is 36.7 Å². The Labute approximate surface area is 243 Å². The fourth-order valence-corrected chi connectivity index (χ4v) is 6.12. The number of fused-ring (bicyclic) bond motifs is 2. The van der Waals surface area contributed by atoms with E-state index in [1.165, 1.54) is 35.3 Å². The molecular weight excluding hydrogens is 579 g/mol. The van der Waals surface area contributed by atoms with Crippen LogP contribution in [-0.2, 0) is 17.4 Å². The van der Waals surface area contributed by atoms with Crippen LogP contribution in [0, 0.1) is 11.8 Å². The summed E-state index contributed by atoms with van der Waals surface area (Å²) in [6.45, 7) is 2.71. The van der Waals surface area contributed by atoms with Crippen molar-refractivity contribution >= 4 is 11.8 Å². The maximum absolute atomic E-state index is 14.1. The molecule has 4 heterocycles. The summed E-state index contributed by atoms with van der Waals surface area (Å²) in [5.74, 6) is -0.699. The molecule has 1 saturated carbocycles. The van der Waals surface area contributed by atoms with E-state index >= 15 is 0 Å². The van der Waals surface area contributed by atoms with Crippen molar-refractivity contribution in [3.63, 3.8) is 0 Å². The van der Waals surface area contributed by atoms with Gasteiger partial charge in [-0.25, -0.2) is 4.68 Å². The van der Waals surface area contributed by atoms with Gasteiger partial charge in [0.2, 0.25) is 0 Å². The average molecular weight is 609 g/mol. The van der Waals surface area contributed by atoms with Crippen molar-refractivity contribution in [2.75, 3.05) is 18.0 Å². The summed E-state index contributed by atoms with van der Waals surface area (Å²) in [5.41, 5.74) is -0.0539. The number of ether oxygens (including phenoxy) is 3. The Morgan fingerprint density at radius 2 is 1.88 bits per heavy atom. The van der Waals surface area contributed by atoms with Gasteiger partial charge in [0.25, 0.3) is 0 Å². The number of pyridine rings is 1. The van der Waals surface area contributed by atoms with E-state index in [1.807, 2.05) is 4.90 Å². The van der Waals surface area contributed by atoms with Crippen LogP contribution >= 0.6 is 0 Å². The van der Waals surface area contributed by atoms with Gasteiger partial charge in [-0.05, 0) is 69.1 Å². The van der Waals surface area contributed by atoms with E-state index in [2.05, 4.69) is 19.6 Å². The second kappa shape index (κ2) is 10.9. The number of rotatable bonds is 7. The van der Waals surface area contributed by atoms with E-state index in [4.69, 9.17) is 4.74 Å². The third-order valence-electron chi connectivity index (χ3n) is 8.20. The summed E-state index contributed by atoms with van der Waals surface area (Å²) in [5, 5.41) is 13.4. The maximum Gasteiger partial charge on any atom is 0.586 e. The fraction of sp³-hybridized carbons (Fsp3) is 0.483. The first kappa shape index (κ1) is 29.0. The number of aliphatic carboxylic acids is 1. The van der Waals surface area contributed by atoms with Crippen molar-refractivity contribution in [3.8, 4) is 22.9 Å². The second-order valence-corrected chi connectivity index (χ2v) is 11.2. The number of carbonyl (C=O) groups is 1. The van der Waals surface area contributed by atoms with Gasteiger partial charge in [-0.15, -0.1) is 8.78 Å². The van der Waals surface area contributed by atoms with Crippen molar-refractivity contribution in [3.05, 3.63) is 53.5 Å². The number of anilines is 1. The van der Waals surface area contributed by atoms with Crippen LogP contribution in [0.4, 0.5) is 27.8 Å². The lowest BCUT2D eigenvalue weighted by Gasteiger charge is -2.35. The summed E-state index contributed by atoms with van der Waals surface area (Å²) in [6.07, 6.45) is -3.07. The van der Waals surface area contributed by atoms with Crippen molar-refractivity contribution in [1.82, 2.24) is 14.8 Å². The molecule has 1 fully saturated rings. The molecular formula is C29H29F5N4O5. The van der Waals surface area contributed by atoms with E-state index in [0.717, 1.165) is 0 Å². The number of carboxylic acids is 1. The van der Waals surface area contributed by atoms with Crippen molar-refractivity contribution in [2.24, 2.45) is 11.8 Å². The van der Waals surface area contributed by atoms with Gasteiger partial charge in [0.1, 0.15) is 17.7 Å². The third kappa shape index (κ3) is 5.91. The molecule has 1 N–H and O–H groups in total. The number of aromatic nitrogens is 3. The molecule has 0 amide bonds. The highest BCUT2D eigenvalue weighted by Crippen LogP contribution is 2.43. The molecule has 1 aromatic carbocycles. The minimum atomic E-state index is -4.66. The van der Waals surface area contributed by atoms with Crippen LogP contribution in [0.1, 0.15) is 62.0 Å². The molecule has 0 bridgehead atoms. The third-order valence-corrected chi connectivity index (χ3v) is 8.20. The van der Waals surface area contributed by atoms with Crippen LogP contribution in [-0.4, -0.2) is 45.2 Å². The van der Waals surface area contributed by atoms with Crippen LogP contribution < -0.4 is 19.1 Å². The fourth-order valence-electron chi connectivity index (χ4n) is 6.12. The van der Waals surface area contributed by atoms with Gasteiger partial charge in [0, 0.05) is 24.7 Å². The summed E-state index contributed by atoms with van der Waals surface area (Å²) in [7, 11) is 0. The number of benzene rings is 1. The minimum Gasteiger partial charge on any atom is -0.484 e. The van der Waals surface area contributed by atoms with Crippen LogP contribution in [0.25, 0.3) is 5.69 Å². The molecule has 6 rings (SSSR count). The molecule has 9 nitrogen and oxygen atoms in total. The molecule has 3 aromatic rings. The predicted octanol–water partition coefficient (Wildman–Crippen LogP) is 6.39. The van der Waals surface area contributed by atoms with Gasteiger partial charge in [-0.1, -0.05) is 6.07 Å². The first-order valence-corrected chi connectivity index (χ1v) is 14.1. The van der Waals surface area contributed by atoms with E-state index in [0.29, 0.717) is 56.6 Å². The zero-order valence-electron chi connectivity index (χ0n) is 23.1. The highest BCUT2D eigenvalue weighted by molar-refractivity contribution is 5.70. The number of halogens is 5. The Balaban J connectivity index is 1.27. The molecule has 0 unspecified atom stereocenters. The Morgan fingerprint density at radius 3 is 2.60 bits per heavy atom. The molecule has 0 saturated heterocycles. The standard InChI is InChI=1S/C29H29F5N4O5/c1-16(19-8-9-23-24(11-19)43-29(33,34)42-23)41-21-12-20(13-35-14-21)38-26-22(25(36-38)28(30,31)32)3-2-10-37(26)15-17-4-6-18(7-5-17)27(39)40/h8-9,11-14,16-18H,2-7,10,15H2,1H3,(H,39,40)/t16-,17-,18-/m0/s1. The summed E-state index contributed by atoms with van der Waals surface area (Å²) >= 11 is 0. The predicted molar refractivity (Wildman–Crippen MR) is 142 cm³/mol.